The number of halogens is 2. The van der Waals surface area contributed by atoms with Crippen LogP contribution in [0.4, 0.5) is 14.6 Å². The molecule has 9 heteroatoms. The summed E-state index contributed by atoms with van der Waals surface area (Å²) in [5, 5.41) is 18.7. The first kappa shape index (κ1) is 14.3. The Bertz CT molecular complexity index is 551. The van der Waals surface area contributed by atoms with Gasteiger partial charge in [0.15, 0.2) is 23.5 Å². The zero-order valence-electron chi connectivity index (χ0n) is 9.96. The van der Waals surface area contributed by atoms with Crippen LogP contribution in [0.3, 0.4) is 0 Å². The van der Waals surface area contributed by atoms with Gasteiger partial charge in [0.1, 0.15) is 12.2 Å². The van der Waals surface area contributed by atoms with Crippen LogP contribution >= 0.6 is 12.2 Å². The lowest BCUT2D eigenvalue weighted by molar-refractivity contribution is -0.0604. The Morgan fingerprint density at radius 1 is 1.68 bits per heavy atom. The Morgan fingerprint density at radius 3 is 2.84 bits per heavy atom. The number of anilines is 1. The first-order chi connectivity index (χ1) is 8.78. The van der Waals surface area contributed by atoms with E-state index < -0.39 is 42.3 Å². The molecule has 4 N–H and O–H groups in total. The molecule has 19 heavy (non-hydrogen) atoms. The van der Waals surface area contributed by atoms with Gasteiger partial charge in [-0.2, -0.15) is 4.98 Å². The number of aromatic nitrogens is 2. The van der Waals surface area contributed by atoms with Crippen LogP contribution in [0.5, 0.6) is 0 Å². The molecule has 0 amide bonds. The SMILES string of the molecule is CC1(F)[C@@H](O)[C@@H](CO)O[C@H]1n1cc(F)c(N)nc1=S. The molecule has 1 unspecified atom stereocenters. The van der Waals surface area contributed by atoms with Gasteiger partial charge in [0.25, 0.3) is 0 Å². The fraction of sp³-hybridized carbons (Fsp3) is 0.600. The lowest BCUT2D eigenvalue weighted by Crippen LogP contribution is -2.40. The van der Waals surface area contributed by atoms with Crippen molar-refractivity contribution >= 4 is 18.0 Å². The van der Waals surface area contributed by atoms with E-state index in [2.05, 4.69) is 4.98 Å². The molecule has 0 aliphatic carbocycles. The zero-order chi connectivity index (χ0) is 14.4. The minimum atomic E-state index is -2.25. The molecule has 0 bridgehead atoms. The molecular weight excluding hydrogens is 280 g/mol. The molecular formula is C10H13F2N3O3S. The molecule has 0 radical (unpaired) electrons. The highest BCUT2D eigenvalue weighted by molar-refractivity contribution is 7.71. The highest BCUT2D eigenvalue weighted by Gasteiger charge is 2.54. The number of hydrogen-bond acceptors (Lipinski definition) is 6. The van der Waals surface area contributed by atoms with Crippen molar-refractivity contribution in [3.05, 3.63) is 16.8 Å². The molecule has 6 nitrogen and oxygen atoms in total. The molecule has 0 spiro atoms. The maximum Gasteiger partial charge on any atom is 0.203 e. The molecule has 1 aromatic heterocycles. The van der Waals surface area contributed by atoms with Gasteiger partial charge in [0.05, 0.1) is 6.61 Å². The maximum absolute atomic E-state index is 14.5. The maximum atomic E-state index is 14.5. The van der Waals surface area contributed by atoms with Crippen LogP contribution in [0.2, 0.25) is 0 Å². The van der Waals surface area contributed by atoms with Gasteiger partial charge in [-0.15, -0.1) is 0 Å². The summed E-state index contributed by atoms with van der Waals surface area (Å²) in [5.74, 6) is -1.28. The first-order valence-electron chi connectivity index (χ1n) is 5.46. The van der Waals surface area contributed by atoms with Crippen molar-refractivity contribution in [2.75, 3.05) is 12.3 Å². The van der Waals surface area contributed by atoms with Crippen molar-refractivity contribution in [3.63, 3.8) is 0 Å². The number of aliphatic hydroxyl groups excluding tert-OH is 2. The van der Waals surface area contributed by atoms with Crippen LogP contribution in [0.1, 0.15) is 13.2 Å². The average Bonchev–Trinajstić information content (AvgIpc) is 2.56. The lowest BCUT2D eigenvalue weighted by Gasteiger charge is -2.25. The Morgan fingerprint density at radius 2 is 2.32 bits per heavy atom. The molecule has 4 atom stereocenters. The zero-order valence-corrected chi connectivity index (χ0v) is 10.8. The van der Waals surface area contributed by atoms with Crippen LogP contribution < -0.4 is 5.73 Å². The van der Waals surface area contributed by atoms with Crippen molar-refractivity contribution in [1.82, 2.24) is 9.55 Å². The summed E-state index contributed by atoms with van der Waals surface area (Å²) in [7, 11) is 0. The van der Waals surface area contributed by atoms with Crippen LogP contribution in [0.25, 0.3) is 0 Å². The number of rotatable bonds is 2. The molecule has 1 saturated heterocycles. The summed E-state index contributed by atoms with van der Waals surface area (Å²) in [5.41, 5.74) is 2.99. The van der Waals surface area contributed by atoms with E-state index in [1.54, 1.807) is 0 Å². The van der Waals surface area contributed by atoms with Gasteiger partial charge in [0.2, 0.25) is 4.77 Å². The van der Waals surface area contributed by atoms with Gasteiger partial charge in [-0.1, -0.05) is 0 Å². The Labute approximate surface area is 112 Å². The molecule has 0 saturated carbocycles. The lowest BCUT2D eigenvalue weighted by atomic mass is 9.98. The minimum Gasteiger partial charge on any atom is -0.394 e. The van der Waals surface area contributed by atoms with E-state index in [1.165, 1.54) is 0 Å². The number of ether oxygens (including phenoxy) is 1. The molecule has 1 aliphatic rings. The number of nitrogens with zero attached hydrogens (tertiary/aromatic N) is 2. The fourth-order valence-electron chi connectivity index (χ4n) is 1.99. The molecule has 1 fully saturated rings. The third kappa shape index (κ3) is 2.22. The van der Waals surface area contributed by atoms with E-state index in [9.17, 15) is 13.9 Å². The standard InChI is InChI=1S/C10H13F2N3O3S/c1-10(12)6(17)5(3-16)18-8(10)15-2-4(11)7(13)14-9(15)19/h2,5-6,8,16-17H,3H2,1H3,(H2,13,14,19)/t5-,6+,8-,10?/m1/s1. The van der Waals surface area contributed by atoms with Gasteiger partial charge in [-0.05, 0) is 19.1 Å². The second-order valence-corrected chi connectivity index (χ2v) is 4.83. The second-order valence-electron chi connectivity index (χ2n) is 4.47. The van der Waals surface area contributed by atoms with E-state index in [4.69, 9.17) is 27.8 Å². The van der Waals surface area contributed by atoms with E-state index in [0.29, 0.717) is 0 Å². The van der Waals surface area contributed by atoms with Gasteiger partial charge in [-0.3, -0.25) is 4.57 Å². The predicted molar refractivity (Wildman–Crippen MR) is 63.9 cm³/mol. The quantitative estimate of drug-likeness (QED) is 0.680. The number of nitrogens with two attached hydrogens (primary N) is 1. The highest BCUT2D eigenvalue weighted by atomic mass is 32.1. The van der Waals surface area contributed by atoms with Crippen molar-refractivity contribution < 1.29 is 23.7 Å². The average molecular weight is 293 g/mol. The second kappa shape index (κ2) is 4.75. The number of nitrogen functional groups attached to an aromatic ring is 1. The third-order valence-electron chi connectivity index (χ3n) is 3.08. The van der Waals surface area contributed by atoms with Crippen molar-refractivity contribution in [2.45, 2.75) is 31.0 Å². The van der Waals surface area contributed by atoms with Crippen LogP contribution in [0.15, 0.2) is 6.20 Å². The van der Waals surface area contributed by atoms with Crippen LogP contribution in [-0.4, -0.2) is 44.2 Å². The molecule has 0 aromatic carbocycles. The first-order valence-corrected chi connectivity index (χ1v) is 5.87. The number of alkyl halides is 1. The largest absolute Gasteiger partial charge is 0.394 e. The molecule has 2 heterocycles. The van der Waals surface area contributed by atoms with Crippen LogP contribution in [-0.2, 0) is 4.74 Å². The summed E-state index contributed by atoms with van der Waals surface area (Å²) in [6, 6.07) is 0. The van der Waals surface area contributed by atoms with E-state index >= 15 is 0 Å². The van der Waals surface area contributed by atoms with E-state index in [0.717, 1.165) is 17.7 Å². The van der Waals surface area contributed by atoms with Gasteiger partial charge >= 0.3 is 0 Å². The van der Waals surface area contributed by atoms with Crippen LogP contribution in [0, 0.1) is 10.6 Å². The molecule has 2 rings (SSSR count). The highest BCUT2D eigenvalue weighted by Crippen LogP contribution is 2.41. The third-order valence-corrected chi connectivity index (χ3v) is 3.39. The predicted octanol–water partition coefficient (Wildman–Crippen LogP) is 0.313. The van der Waals surface area contributed by atoms with Crippen molar-refractivity contribution in [1.29, 1.82) is 0 Å². The number of hydrogen-bond donors (Lipinski definition) is 3. The summed E-state index contributed by atoms with van der Waals surface area (Å²) in [4.78, 5) is 3.55. The molecule has 1 aromatic rings. The molecule has 1 aliphatic heterocycles. The summed E-state index contributed by atoms with van der Waals surface area (Å²) >= 11 is 4.87. The van der Waals surface area contributed by atoms with Crippen molar-refractivity contribution in [3.8, 4) is 0 Å². The normalized spacial score (nSPS) is 34.7. The Hall–Kier alpha value is -1.16. The Balaban J connectivity index is 2.48. The van der Waals surface area contributed by atoms with Gasteiger partial charge < -0.3 is 20.7 Å². The van der Waals surface area contributed by atoms with Gasteiger partial charge in [0, 0.05) is 6.20 Å². The fourth-order valence-corrected chi connectivity index (χ4v) is 2.24. The summed E-state index contributed by atoms with van der Waals surface area (Å²) in [6.07, 6.45) is -3.22. The summed E-state index contributed by atoms with van der Waals surface area (Å²) in [6.45, 7) is 0.503. The topological polar surface area (TPSA) is 93.5 Å². The van der Waals surface area contributed by atoms with E-state index in [-0.39, 0.29) is 4.77 Å². The van der Waals surface area contributed by atoms with E-state index in [1.807, 2.05) is 0 Å². The molecule has 106 valence electrons. The van der Waals surface area contributed by atoms with Gasteiger partial charge in [-0.25, -0.2) is 8.78 Å². The monoisotopic (exact) mass is 293 g/mol. The summed E-state index contributed by atoms with van der Waals surface area (Å²) < 4.78 is 33.8. The number of aliphatic hydroxyl groups is 2. The minimum absolute atomic E-state index is 0.182. The smallest absolute Gasteiger partial charge is 0.203 e. The van der Waals surface area contributed by atoms with Crippen molar-refractivity contribution in [2.24, 2.45) is 0 Å². The Kier molecular flexibility index (Phi) is 3.56.